The molecular weight excluding hydrogens is 190 g/mol. The second-order valence-corrected chi connectivity index (χ2v) is 3.97. The third-order valence-electron chi connectivity index (χ3n) is 3.03. The maximum atomic E-state index is 5.64. The normalized spacial score (nSPS) is 18.3. The largest absolute Gasteiger partial charge is 0.379 e. The first-order chi connectivity index (χ1) is 7.31. The fraction of sp³-hybridized carbons (Fsp3) is 0.636. The fourth-order valence-corrected chi connectivity index (χ4v) is 1.95. The van der Waals surface area contributed by atoms with E-state index in [1.54, 1.807) is 0 Å². The van der Waals surface area contributed by atoms with Gasteiger partial charge in [-0.2, -0.15) is 0 Å². The van der Waals surface area contributed by atoms with Gasteiger partial charge in [0.25, 0.3) is 0 Å². The van der Waals surface area contributed by atoms with Crippen LogP contribution in [-0.2, 0) is 24.9 Å². The van der Waals surface area contributed by atoms with Gasteiger partial charge in [-0.15, -0.1) is 0 Å². The molecule has 4 heteroatoms. The van der Waals surface area contributed by atoms with E-state index in [2.05, 4.69) is 28.6 Å². The van der Waals surface area contributed by atoms with Crippen molar-refractivity contribution in [3.63, 3.8) is 0 Å². The van der Waals surface area contributed by atoms with E-state index < -0.39 is 0 Å². The van der Waals surface area contributed by atoms with Crippen molar-refractivity contribution in [2.24, 2.45) is 12.8 Å². The molecule has 1 aliphatic rings. The van der Waals surface area contributed by atoms with Crippen LogP contribution in [0, 0.1) is 0 Å². The van der Waals surface area contributed by atoms with Crippen molar-refractivity contribution in [1.82, 2.24) is 9.47 Å². The quantitative estimate of drug-likeness (QED) is 0.779. The molecular formula is C11H19N3O. The minimum atomic E-state index is 0.611. The summed E-state index contributed by atoms with van der Waals surface area (Å²) in [6.07, 6.45) is 0. The van der Waals surface area contributed by atoms with E-state index in [0.29, 0.717) is 6.54 Å². The monoisotopic (exact) mass is 209 g/mol. The lowest BCUT2D eigenvalue weighted by molar-refractivity contribution is 0.0333. The van der Waals surface area contributed by atoms with Crippen molar-refractivity contribution < 1.29 is 4.74 Å². The molecule has 4 nitrogen and oxygen atoms in total. The molecule has 2 rings (SSSR count). The van der Waals surface area contributed by atoms with Crippen LogP contribution >= 0.6 is 0 Å². The zero-order chi connectivity index (χ0) is 10.7. The van der Waals surface area contributed by atoms with Crippen molar-refractivity contribution in [2.75, 3.05) is 26.3 Å². The van der Waals surface area contributed by atoms with Crippen LogP contribution in [0.25, 0.3) is 0 Å². The summed E-state index contributed by atoms with van der Waals surface area (Å²) < 4.78 is 7.52. The molecule has 1 fully saturated rings. The lowest BCUT2D eigenvalue weighted by Crippen LogP contribution is -2.36. The molecule has 0 radical (unpaired) electrons. The highest BCUT2D eigenvalue weighted by Gasteiger charge is 2.12. The molecule has 0 amide bonds. The van der Waals surface area contributed by atoms with Gasteiger partial charge in [0, 0.05) is 44.6 Å². The van der Waals surface area contributed by atoms with Crippen LogP contribution in [0.5, 0.6) is 0 Å². The van der Waals surface area contributed by atoms with Crippen LogP contribution < -0.4 is 5.73 Å². The van der Waals surface area contributed by atoms with E-state index in [1.807, 2.05) is 0 Å². The van der Waals surface area contributed by atoms with Gasteiger partial charge in [0.2, 0.25) is 0 Å². The molecule has 0 saturated carbocycles. The molecule has 0 aromatic carbocycles. The Labute approximate surface area is 90.6 Å². The van der Waals surface area contributed by atoms with Crippen LogP contribution in [0.2, 0.25) is 0 Å². The number of nitrogens with two attached hydrogens (primary N) is 1. The molecule has 0 bridgehead atoms. The van der Waals surface area contributed by atoms with Gasteiger partial charge < -0.3 is 15.0 Å². The molecule has 0 spiro atoms. The number of hydrogen-bond acceptors (Lipinski definition) is 3. The minimum absolute atomic E-state index is 0.611. The Bertz CT molecular complexity index is 316. The number of nitrogens with zero attached hydrogens (tertiary/aromatic N) is 2. The van der Waals surface area contributed by atoms with Gasteiger partial charge in [-0.05, 0) is 12.1 Å². The van der Waals surface area contributed by atoms with E-state index in [9.17, 15) is 0 Å². The number of morpholine rings is 1. The summed E-state index contributed by atoms with van der Waals surface area (Å²) in [6.45, 7) is 5.38. The lowest BCUT2D eigenvalue weighted by atomic mass is 10.3. The third kappa shape index (κ3) is 2.40. The molecule has 1 aromatic heterocycles. The summed E-state index contributed by atoms with van der Waals surface area (Å²) in [6, 6.07) is 4.27. The van der Waals surface area contributed by atoms with Gasteiger partial charge in [-0.3, -0.25) is 4.90 Å². The average molecular weight is 209 g/mol. The smallest absolute Gasteiger partial charge is 0.0594 e. The van der Waals surface area contributed by atoms with Gasteiger partial charge in [0.15, 0.2) is 0 Å². The minimum Gasteiger partial charge on any atom is -0.379 e. The second-order valence-electron chi connectivity index (χ2n) is 3.97. The molecule has 0 aliphatic carbocycles. The summed E-state index contributed by atoms with van der Waals surface area (Å²) in [7, 11) is 2.08. The fourth-order valence-electron chi connectivity index (χ4n) is 1.95. The van der Waals surface area contributed by atoms with Crippen molar-refractivity contribution in [3.8, 4) is 0 Å². The second kappa shape index (κ2) is 4.79. The zero-order valence-corrected chi connectivity index (χ0v) is 9.28. The van der Waals surface area contributed by atoms with E-state index in [4.69, 9.17) is 10.5 Å². The van der Waals surface area contributed by atoms with Gasteiger partial charge in [-0.1, -0.05) is 0 Å². The van der Waals surface area contributed by atoms with Crippen LogP contribution in [0.3, 0.4) is 0 Å². The Kier molecular flexibility index (Phi) is 3.41. The van der Waals surface area contributed by atoms with Crippen LogP contribution in [0.15, 0.2) is 12.1 Å². The maximum absolute atomic E-state index is 5.64. The molecule has 0 atom stereocenters. The van der Waals surface area contributed by atoms with Crippen molar-refractivity contribution in [2.45, 2.75) is 13.1 Å². The first-order valence-corrected chi connectivity index (χ1v) is 5.45. The standard InChI is InChI=1S/C11H19N3O/c1-13-10(8-12)2-3-11(13)9-14-4-6-15-7-5-14/h2-3H,4-9,12H2,1H3. The molecule has 0 unspecified atom stereocenters. The van der Waals surface area contributed by atoms with E-state index >= 15 is 0 Å². The van der Waals surface area contributed by atoms with Gasteiger partial charge >= 0.3 is 0 Å². The Morgan fingerprint density at radius 1 is 1.27 bits per heavy atom. The lowest BCUT2D eigenvalue weighted by Gasteiger charge is -2.26. The average Bonchev–Trinajstić information content (AvgIpc) is 2.62. The Morgan fingerprint density at radius 2 is 1.93 bits per heavy atom. The predicted molar refractivity (Wildman–Crippen MR) is 59.4 cm³/mol. The molecule has 1 saturated heterocycles. The highest BCUT2D eigenvalue weighted by molar-refractivity contribution is 5.15. The van der Waals surface area contributed by atoms with Gasteiger partial charge in [0.1, 0.15) is 0 Å². The number of ether oxygens (including phenoxy) is 1. The molecule has 1 aromatic rings. The van der Waals surface area contributed by atoms with E-state index in [0.717, 1.165) is 32.8 Å². The first-order valence-electron chi connectivity index (χ1n) is 5.45. The SMILES string of the molecule is Cn1c(CN)ccc1CN1CCOCC1. The summed E-state index contributed by atoms with van der Waals surface area (Å²) in [5, 5.41) is 0. The Morgan fingerprint density at radius 3 is 2.53 bits per heavy atom. The highest BCUT2D eigenvalue weighted by atomic mass is 16.5. The molecule has 1 aliphatic heterocycles. The van der Waals surface area contributed by atoms with Gasteiger partial charge in [-0.25, -0.2) is 0 Å². The van der Waals surface area contributed by atoms with E-state index in [-0.39, 0.29) is 0 Å². The van der Waals surface area contributed by atoms with Crippen LogP contribution in [0.1, 0.15) is 11.4 Å². The number of rotatable bonds is 3. The maximum Gasteiger partial charge on any atom is 0.0594 e. The number of hydrogen-bond donors (Lipinski definition) is 1. The van der Waals surface area contributed by atoms with Crippen molar-refractivity contribution in [3.05, 3.63) is 23.5 Å². The molecule has 2 N–H and O–H groups in total. The summed E-state index contributed by atoms with van der Waals surface area (Å²) in [5.41, 5.74) is 8.17. The molecule has 84 valence electrons. The summed E-state index contributed by atoms with van der Waals surface area (Å²) in [5.74, 6) is 0. The Hall–Kier alpha value is -0.840. The van der Waals surface area contributed by atoms with Crippen LogP contribution in [0.4, 0.5) is 0 Å². The molecule has 15 heavy (non-hydrogen) atoms. The summed E-state index contributed by atoms with van der Waals surface area (Å²) in [4.78, 5) is 2.42. The van der Waals surface area contributed by atoms with E-state index in [1.165, 1.54) is 11.4 Å². The van der Waals surface area contributed by atoms with Crippen LogP contribution in [-0.4, -0.2) is 35.8 Å². The zero-order valence-electron chi connectivity index (χ0n) is 9.28. The first kappa shape index (κ1) is 10.7. The Balaban J connectivity index is 2.00. The number of aromatic nitrogens is 1. The van der Waals surface area contributed by atoms with Crippen molar-refractivity contribution in [1.29, 1.82) is 0 Å². The highest BCUT2D eigenvalue weighted by Crippen LogP contribution is 2.10. The predicted octanol–water partition coefficient (Wildman–Crippen LogP) is 0.316. The topological polar surface area (TPSA) is 43.4 Å². The molecule has 2 heterocycles. The third-order valence-corrected chi connectivity index (χ3v) is 3.03. The van der Waals surface area contributed by atoms with Crippen molar-refractivity contribution >= 4 is 0 Å². The summed E-state index contributed by atoms with van der Waals surface area (Å²) >= 11 is 0. The van der Waals surface area contributed by atoms with Gasteiger partial charge in [0.05, 0.1) is 13.2 Å².